The van der Waals surface area contributed by atoms with Crippen LogP contribution in [0.4, 0.5) is 13.2 Å². The van der Waals surface area contributed by atoms with Crippen molar-refractivity contribution in [2.24, 2.45) is 0 Å². The smallest absolute Gasteiger partial charge is 1.00 e. The molecular weight excluding hydrogens is 290 g/mol. The number of carboxylic acid groups (broad SMARTS) is 1. The number of likely N-dealkylation sites (tertiary alicyclic amines) is 1. The molecule has 0 atom stereocenters. The summed E-state index contributed by atoms with van der Waals surface area (Å²) in [7, 11) is 0. The fourth-order valence-corrected chi connectivity index (χ4v) is 2.69. The number of carbonyl (C=O) groups is 1. The van der Waals surface area contributed by atoms with Gasteiger partial charge in [-0.05, 0) is 49.5 Å². The maximum atomic E-state index is 12.5. The molecule has 0 saturated carbocycles. The first-order valence-corrected chi connectivity index (χ1v) is 6.97. The molecule has 0 unspecified atom stereocenters. The average molecular weight is 309 g/mol. The molecule has 1 aliphatic heterocycles. The van der Waals surface area contributed by atoms with E-state index in [9.17, 15) is 18.0 Å². The van der Waals surface area contributed by atoms with Crippen molar-refractivity contribution in [3.63, 3.8) is 0 Å². The zero-order valence-electron chi connectivity index (χ0n) is 13.6. The Morgan fingerprint density at radius 3 is 2.23 bits per heavy atom. The Hall–Kier alpha value is -0.963. The summed E-state index contributed by atoms with van der Waals surface area (Å²) in [5, 5.41) is 8.65. The number of carboxylic acids is 1. The fourth-order valence-electron chi connectivity index (χ4n) is 2.69. The minimum absolute atomic E-state index is 0. The molecular formula is C15H19F3LiNO2. The first kappa shape index (κ1) is 19.1. The van der Waals surface area contributed by atoms with Gasteiger partial charge in [0.15, 0.2) is 0 Å². The summed E-state index contributed by atoms with van der Waals surface area (Å²) in [6, 6.07) is 5.37. The Balaban J connectivity index is 0.00000242. The van der Waals surface area contributed by atoms with Crippen molar-refractivity contribution in [2.45, 2.75) is 31.4 Å². The van der Waals surface area contributed by atoms with Crippen molar-refractivity contribution in [3.05, 3.63) is 35.4 Å². The van der Waals surface area contributed by atoms with Crippen LogP contribution in [0.5, 0.6) is 0 Å². The van der Waals surface area contributed by atoms with Crippen LogP contribution >= 0.6 is 0 Å². The van der Waals surface area contributed by atoms with E-state index in [1.165, 1.54) is 0 Å². The molecule has 3 nitrogen and oxygen atoms in total. The number of hydrogen-bond donors (Lipinski definition) is 1. The summed E-state index contributed by atoms with van der Waals surface area (Å²) in [4.78, 5) is 12.6. The van der Waals surface area contributed by atoms with Crippen molar-refractivity contribution in [2.75, 3.05) is 19.6 Å². The number of piperidine rings is 1. The SMILES string of the molecule is O=C(O)CCN1CCC(c2ccc(C(F)(F)F)cc2)CC1.[H-].[Li+]. The molecule has 2 rings (SSSR count). The van der Waals surface area contributed by atoms with Gasteiger partial charge in [0, 0.05) is 6.54 Å². The molecule has 1 fully saturated rings. The number of hydrogen-bond acceptors (Lipinski definition) is 2. The van der Waals surface area contributed by atoms with Crippen LogP contribution in [0, 0.1) is 0 Å². The first-order valence-electron chi connectivity index (χ1n) is 6.97. The predicted octanol–water partition coefficient (Wildman–Crippen LogP) is 0.476. The summed E-state index contributed by atoms with van der Waals surface area (Å²) in [6.45, 7) is 2.12. The first-order chi connectivity index (χ1) is 9.86. The van der Waals surface area contributed by atoms with Crippen molar-refractivity contribution in [3.8, 4) is 0 Å². The van der Waals surface area contributed by atoms with E-state index in [1.807, 2.05) is 0 Å². The molecule has 1 saturated heterocycles. The van der Waals surface area contributed by atoms with Crippen LogP contribution in [-0.2, 0) is 11.0 Å². The van der Waals surface area contributed by atoms with Crippen LogP contribution in [0.1, 0.15) is 37.7 Å². The second kappa shape index (κ2) is 8.05. The van der Waals surface area contributed by atoms with E-state index < -0.39 is 17.7 Å². The Morgan fingerprint density at radius 2 is 1.77 bits per heavy atom. The maximum Gasteiger partial charge on any atom is 1.00 e. The van der Waals surface area contributed by atoms with Gasteiger partial charge in [0.2, 0.25) is 0 Å². The van der Waals surface area contributed by atoms with Gasteiger partial charge in [0.05, 0.1) is 12.0 Å². The Bertz CT molecular complexity index is 488. The van der Waals surface area contributed by atoms with Crippen LogP contribution in [0.3, 0.4) is 0 Å². The molecule has 0 radical (unpaired) electrons. The van der Waals surface area contributed by atoms with Gasteiger partial charge in [-0.3, -0.25) is 4.79 Å². The molecule has 118 valence electrons. The molecule has 0 bridgehead atoms. The van der Waals surface area contributed by atoms with Crippen LogP contribution in [0.15, 0.2) is 24.3 Å². The van der Waals surface area contributed by atoms with Crippen LogP contribution in [-0.4, -0.2) is 35.6 Å². The number of alkyl halides is 3. The van der Waals surface area contributed by atoms with Crippen molar-refractivity contribution in [1.82, 2.24) is 4.90 Å². The van der Waals surface area contributed by atoms with Crippen molar-refractivity contribution in [1.29, 1.82) is 0 Å². The number of aliphatic carboxylic acids is 1. The third-order valence-electron chi connectivity index (χ3n) is 3.94. The predicted molar refractivity (Wildman–Crippen MR) is 73.2 cm³/mol. The topological polar surface area (TPSA) is 40.5 Å². The standard InChI is InChI=1S/C15H18F3NO2.Li.H/c16-15(17,18)13-3-1-11(2-4-13)12-5-8-19(9-6-12)10-7-14(20)21;;/h1-4,12H,5-10H2,(H,20,21);;/q;+1;-1. The molecule has 1 N–H and O–H groups in total. The van der Waals surface area contributed by atoms with E-state index in [0.717, 1.165) is 43.6 Å². The average Bonchev–Trinajstić information content (AvgIpc) is 2.45. The molecule has 1 aromatic rings. The minimum atomic E-state index is -4.29. The molecule has 0 amide bonds. The maximum absolute atomic E-state index is 12.5. The summed E-state index contributed by atoms with van der Waals surface area (Å²) in [5.41, 5.74) is 0.311. The van der Waals surface area contributed by atoms with E-state index in [1.54, 1.807) is 12.1 Å². The molecule has 7 heteroatoms. The largest absolute Gasteiger partial charge is 1.00 e. The fraction of sp³-hybridized carbons (Fsp3) is 0.533. The molecule has 1 aromatic carbocycles. The van der Waals surface area contributed by atoms with Crippen molar-refractivity contribution >= 4 is 5.97 Å². The molecule has 1 heterocycles. The molecule has 0 spiro atoms. The van der Waals surface area contributed by atoms with E-state index in [2.05, 4.69) is 4.90 Å². The van der Waals surface area contributed by atoms with E-state index in [4.69, 9.17) is 5.11 Å². The van der Waals surface area contributed by atoms with Gasteiger partial charge in [-0.25, -0.2) is 0 Å². The third-order valence-corrected chi connectivity index (χ3v) is 3.94. The second-order valence-corrected chi connectivity index (χ2v) is 5.38. The van der Waals surface area contributed by atoms with Gasteiger partial charge >= 0.3 is 31.0 Å². The third kappa shape index (κ3) is 5.35. The van der Waals surface area contributed by atoms with Gasteiger partial charge in [-0.1, -0.05) is 12.1 Å². The van der Waals surface area contributed by atoms with Gasteiger partial charge in [-0.15, -0.1) is 0 Å². The summed E-state index contributed by atoms with van der Waals surface area (Å²) in [5.74, 6) is -0.548. The van der Waals surface area contributed by atoms with E-state index in [0.29, 0.717) is 6.54 Å². The quantitative estimate of drug-likeness (QED) is 0.822. The Labute approximate surface area is 141 Å². The molecule has 22 heavy (non-hydrogen) atoms. The van der Waals surface area contributed by atoms with Crippen LogP contribution < -0.4 is 18.9 Å². The van der Waals surface area contributed by atoms with E-state index >= 15 is 0 Å². The number of nitrogens with zero attached hydrogens (tertiary/aromatic N) is 1. The normalized spacial score (nSPS) is 17.0. The molecule has 1 aliphatic rings. The second-order valence-electron chi connectivity index (χ2n) is 5.38. The van der Waals surface area contributed by atoms with Gasteiger partial charge in [0.1, 0.15) is 0 Å². The number of rotatable bonds is 4. The zero-order chi connectivity index (χ0) is 15.5. The molecule has 0 aromatic heterocycles. The summed E-state index contributed by atoms with van der Waals surface area (Å²) < 4.78 is 37.5. The van der Waals surface area contributed by atoms with Gasteiger partial charge < -0.3 is 11.4 Å². The van der Waals surface area contributed by atoms with Crippen molar-refractivity contribution < 1.29 is 43.4 Å². The Morgan fingerprint density at radius 1 is 1.23 bits per heavy atom. The molecule has 0 aliphatic carbocycles. The van der Waals surface area contributed by atoms with Gasteiger partial charge in [-0.2, -0.15) is 13.2 Å². The summed E-state index contributed by atoms with van der Waals surface area (Å²) >= 11 is 0. The summed E-state index contributed by atoms with van der Waals surface area (Å²) in [6.07, 6.45) is -2.46. The van der Waals surface area contributed by atoms with Gasteiger partial charge in [0.25, 0.3) is 0 Å². The van der Waals surface area contributed by atoms with E-state index in [-0.39, 0.29) is 32.6 Å². The van der Waals surface area contributed by atoms with Crippen LogP contribution in [0.25, 0.3) is 0 Å². The Kier molecular flexibility index (Phi) is 6.98. The monoisotopic (exact) mass is 309 g/mol. The van der Waals surface area contributed by atoms with Crippen LogP contribution in [0.2, 0.25) is 0 Å². The minimum Gasteiger partial charge on any atom is -1.00 e. The number of benzene rings is 1. The zero-order valence-corrected chi connectivity index (χ0v) is 12.6. The number of halogens is 3.